The average Bonchev–Trinajstić information content (AvgIpc) is 3.42. The van der Waals surface area contributed by atoms with Crippen LogP contribution in [0.5, 0.6) is 5.75 Å². The molecule has 3 heterocycles. The van der Waals surface area contributed by atoms with Gasteiger partial charge in [0.2, 0.25) is 0 Å². The van der Waals surface area contributed by atoms with E-state index in [0.29, 0.717) is 21.7 Å². The first-order valence-corrected chi connectivity index (χ1v) is 11.6. The number of methoxy groups -OCH3 is 1. The zero-order valence-corrected chi connectivity index (χ0v) is 20.4. The minimum Gasteiger partial charge on any atom is -0.495 e. The van der Waals surface area contributed by atoms with Gasteiger partial charge in [-0.3, -0.25) is 9.36 Å². The Morgan fingerprint density at radius 2 is 1.74 bits per heavy atom. The molecule has 0 aliphatic carbocycles. The van der Waals surface area contributed by atoms with Crippen LogP contribution in [0.2, 0.25) is 0 Å². The predicted octanol–water partition coefficient (Wildman–Crippen LogP) is 4.54. The van der Waals surface area contributed by atoms with Gasteiger partial charge >= 0.3 is 5.69 Å². The monoisotopic (exact) mass is 472 g/mol. The van der Waals surface area contributed by atoms with Gasteiger partial charge in [-0.2, -0.15) is 0 Å². The summed E-state index contributed by atoms with van der Waals surface area (Å²) < 4.78 is 10.4. The number of aryl methyl sites for hydroxylation is 4. The number of benzene rings is 2. The molecule has 2 aromatic carbocycles. The van der Waals surface area contributed by atoms with Crippen LogP contribution in [0.25, 0.3) is 32.0 Å². The van der Waals surface area contributed by atoms with E-state index in [1.54, 1.807) is 37.2 Å². The molecule has 0 spiro atoms. The smallest absolute Gasteiger partial charge is 0.336 e. The van der Waals surface area contributed by atoms with E-state index in [0.717, 1.165) is 32.9 Å². The standard InChI is InChI=1S/C26H24N4O3S/c1-15-6-9-19(10-7-15)30-24(31)22-17(3)23(34-25(22)28(4)26(30)32)18-8-11-20(21(12-18)33-5)29-13-16(2)27-14-29/h6-14H,1-5H3. The lowest BCUT2D eigenvalue weighted by atomic mass is 10.1. The number of hydrogen-bond donors (Lipinski definition) is 0. The quantitative estimate of drug-likeness (QED) is 0.385. The zero-order valence-electron chi connectivity index (χ0n) is 19.6. The van der Waals surface area contributed by atoms with Crippen LogP contribution < -0.4 is 16.0 Å². The van der Waals surface area contributed by atoms with Gasteiger partial charge in [0.25, 0.3) is 5.56 Å². The largest absolute Gasteiger partial charge is 0.495 e. The highest BCUT2D eigenvalue weighted by molar-refractivity contribution is 7.22. The van der Waals surface area contributed by atoms with Crippen LogP contribution in [0.15, 0.2) is 64.6 Å². The second-order valence-corrected chi connectivity index (χ2v) is 9.36. The van der Waals surface area contributed by atoms with E-state index in [4.69, 9.17) is 4.74 Å². The molecule has 0 aliphatic rings. The Balaban J connectivity index is 1.72. The molecule has 0 saturated carbocycles. The van der Waals surface area contributed by atoms with Crippen molar-refractivity contribution in [2.75, 3.05) is 7.11 Å². The van der Waals surface area contributed by atoms with Gasteiger partial charge < -0.3 is 9.30 Å². The van der Waals surface area contributed by atoms with Crippen LogP contribution in [0.3, 0.4) is 0 Å². The summed E-state index contributed by atoms with van der Waals surface area (Å²) in [7, 11) is 3.34. The Kier molecular flexibility index (Phi) is 5.25. The summed E-state index contributed by atoms with van der Waals surface area (Å²) in [6, 6.07) is 13.3. The number of nitrogens with zero attached hydrogens (tertiary/aromatic N) is 4. The molecule has 8 heteroatoms. The number of rotatable bonds is 4. The van der Waals surface area contributed by atoms with Crippen LogP contribution in [-0.4, -0.2) is 25.8 Å². The Morgan fingerprint density at radius 1 is 1.00 bits per heavy atom. The first kappa shape index (κ1) is 21.9. The van der Waals surface area contributed by atoms with E-state index in [1.807, 2.05) is 61.9 Å². The summed E-state index contributed by atoms with van der Waals surface area (Å²) in [4.78, 5) is 32.6. The van der Waals surface area contributed by atoms with Gasteiger partial charge in [-0.1, -0.05) is 23.8 Å². The fourth-order valence-corrected chi connectivity index (χ4v) is 5.45. The summed E-state index contributed by atoms with van der Waals surface area (Å²) in [5, 5.41) is 0.552. The first-order chi connectivity index (χ1) is 16.3. The minimum atomic E-state index is -0.363. The lowest BCUT2D eigenvalue weighted by Crippen LogP contribution is -2.37. The Bertz CT molecular complexity index is 1670. The number of thiophene rings is 1. The molecule has 172 valence electrons. The molecule has 0 saturated heterocycles. The molecule has 0 unspecified atom stereocenters. The molecule has 0 radical (unpaired) electrons. The maximum absolute atomic E-state index is 13.5. The van der Waals surface area contributed by atoms with Gasteiger partial charge in [0.05, 0.1) is 35.9 Å². The van der Waals surface area contributed by atoms with Crippen molar-refractivity contribution in [2.24, 2.45) is 7.05 Å². The third-order valence-electron chi connectivity index (χ3n) is 6.05. The van der Waals surface area contributed by atoms with E-state index >= 15 is 0 Å². The molecule has 0 atom stereocenters. The number of ether oxygens (including phenoxy) is 1. The van der Waals surface area contributed by atoms with Crippen LogP contribution in [0.4, 0.5) is 0 Å². The number of hydrogen-bond acceptors (Lipinski definition) is 5. The Hall–Kier alpha value is -3.91. The van der Waals surface area contributed by atoms with Crippen molar-refractivity contribution in [1.82, 2.24) is 18.7 Å². The van der Waals surface area contributed by atoms with Crippen molar-refractivity contribution in [1.29, 1.82) is 0 Å². The summed E-state index contributed by atoms with van der Waals surface area (Å²) in [5.74, 6) is 0.692. The predicted molar refractivity (Wildman–Crippen MR) is 136 cm³/mol. The van der Waals surface area contributed by atoms with E-state index in [9.17, 15) is 9.59 Å². The lowest BCUT2D eigenvalue weighted by Gasteiger charge is -2.11. The van der Waals surface area contributed by atoms with Crippen molar-refractivity contribution in [2.45, 2.75) is 20.8 Å². The number of imidazole rings is 1. The van der Waals surface area contributed by atoms with Gasteiger partial charge in [0.1, 0.15) is 10.6 Å². The fourth-order valence-electron chi connectivity index (χ4n) is 4.20. The van der Waals surface area contributed by atoms with Crippen molar-refractivity contribution in [3.63, 3.8) is 0 Å². The molecule has 0 amide bonds. The Labute approximate surface area is 200 Å². The third-order valence-corrected chi connectivity index (χ3v) is 7.47. The second kappa shape index (κ2) is 8.14. The highest BCUT2D eigenvalue weighted by Gasteiger charge is 2.21. The zero-order chi connectivity index (χ0) is 24.1. The van der Waals surface area contributed by atoms with Gasteiger partial charge in [0.15, 0.2) is 0 Å². The van der Waals surface area contributed by atoms with Crippen molar-refractivity contribution < 1.29 is 4.74 Å². The van der Waals surface area contributed by atoms with Crippen LogP contribution in [-0.2, 0) is 7.05 Å². The second-order valence-electron chi connectivity index (χ2n) is 8.36. The molecule has 0 aliphatic heterocycles. The summed E-state index contributed by atoms with van der Waals surface area (Å²) >= 11 is 1.44. The number of fused-ring (bicyclic) bond motifs is 1. The average molecular weight is 473 g/mol. The lowest BCUT2D eigenvalue weighted by molar-refractivity contribution is 0.413. The Morgan fingerprint density at radius 3 is 2.38 bits per heavy atom. The molecule has 5 aromatic rings. The summed E-state index contributed by atoms with van der Waals surface area (Å²) in [5.41, 5.74) is 4.51. The molecule has 0 fully saturated rings. The number of aromatic nitrogens is 4. The summed E-state index contributed by atoms with van der Waals surface area (Å²) in [6.07, 6.45) is 3.69. The highest BCUT2D eigenvalue weighted by atomic mass is 32.1. The van der Waals surface area contributed by atoms with Crippen molar-refractivity contribution in [3.05, 3.63) is 92.6 Å². The van der Waals surface area contributed by atoms with Gasteiger partial charge in [-0.15, -0.1) is 11.3 Å². The molecule has 34 heavy (non-hydrogen) atoms. The molecule has 5 rings (SSSR count). The normalized spacial score (nSPS) is 11.3. The fraction of sp³-hybridized carbons (Fsp3) is 0.192. The summed E-state index contributed by atoms with van der Waals surface area (Å²) in [6.45, 7) is 5.83. The van der Waals surface area contributed by atoms with E-state index in [-0.39, 0.29) is 11.2 Å². The molecule has 0 bridgehead atoms. The van der Waals surface area contributed by atoms with Crippen molar-refractivity contribution >= 4 is 21.6 Å². The molecule has 7 nitrogen and oxygen atoms in total. The topological polar surface area (TPSA) is 71.0 Å². The molecular weight excluding hydrogens is 448 g/mol. The molecule has 3 aromatic heterocycles. The van der Waals surface area contributed by atoms with Gasteiger partial charge in [0, 0.05) is 18.1 Å². The van der Waals surface area contributed by atoms with Crippen molar-refractivity contribution in [3.8, 4) is 27.6 Å². The van der Waals surface area contributed by atoms with E-state index < -0.39 is 0 Å². The van der Waals surface area contributed by atoms with E-state index in [1.165, 1.54) is 15.9 Å². The van der Waals surface area contributed by atoms with Gasteiger partial charge in [-0.25, -0.2) is 14.3 Å². The highest BCUT2D eigenvalue weighted by Crippen LogP contribution is 2.38. The SMILES string of the molecule is COc1cc(-c2sc3c(c2C)c(=O)n(-c2ccc(C)cc2)c(=O)n3C)ccc1-n1cnc(C)c1. The molecular formula is C26H24N4O3S. The van der Waals surface area contributed by atoms with Crippen LogP contribution in [0, 0.1) is 20.8 Å². The first-order valence-electron chi connectivity index (χ1n) is 10.8. The maximum Gasteiger partial charge on any atom is 0.336 e. The van der Waals surface area contributed by atoms with Crippen LogP contribution >= 0.6 is 11.3 Å². The van der Waals surface area contributed by atoms with Gasteiger partial charge in [-0.05, 0) is 56.2 Å². The third kappa shape index (κ3) is 3.38. The van der Waals surface area contributed by atoms with Crippen LogP contribution in [0.1, 0.15) is 16.8 Å². The van der Waals surface area contributed by atoms with E-state index in [2.05, 4.69) is 4.98 Å². The maximum atomic E-state index is 13.5. The molecule has 0 N–H and O–H groups in total. The minimum absolute atomic E-state index is 0.306.